The van der Waals surface area contributed by atoms with Gasteiger partial charge in [-0.3, -0.25) is 4.79 Å². The predicted octanol–water partition coefficient (Wildman–Crippen LogP) is 7.91. The van der Waals surface area contributed by atoms with Crippen molar-refractivity contribution in [2.24, 2.45) is 0 Å². The fraction of sp³-hybridized carbons (Fsp3) is 0.0833. The van der Waals surface area contributed by atoms with Crippen molar-refractivity contribution in [2.75, 3.05) is 5.75 Å². The number of nitrogens with zero attached hydrogens (tertiary/aromatic N) is 1. The van der Waals surface area contributed by atoms with Gasteiger partial charge in [0.15, 0.2) is 0 Å². The Hall–Kier alpha value is -5.32. The third-order valence-electron chi connectivity index (χ3n) is 7.32. The van der Waals surface area contributed by atoms with Crippen molar-refractivity contribution in [2.45, 2.75) is 11.8 Å². The van der Waals surface area contributed by atoms with Crippen LogP contribution in [0.25, 0.3) is 44.2 Å². The molecule has 0 radical (unpaired) electrons. The average Bonchev–Trinajstić information content (AvgIpc) is 3.43. The molecule has 1 amide bonds. The van der Waals surface area contributed by atoms with Gasteiger partial charge < -0.3 is 14.8 Å². The van der Waals surface area contributed by atoms with Crippen LogP contribution in [0.5, 0.6) is 0 Å². The normalized spacial score (nSPS) is 11.7. The lowest BCUT2D eigenvalue weighted by atomic mass is 9.98. The summed E-state index contributed by atoms with van der Waals surface area (Å²) in [6, 6.07) is 38.0. The number of amides is 1. The lowest BCUT2D eigenvalue weighted by molar-refractivity contribution is -0.138. The second-order valence-electron chi connectivity index (χ2n) is 10.1. The van der Waals surface area contributed by atoms with Gasteiger partial charge in [-0.25, -0.2) is 4.79 Å². The van der Waals surface area contributed by atoms with Crippen molar-refractivity contribution in [1.29, 1.82) is 5.26 Å². The number of carbonyl (C=O) groups excluding carboxylic acids is 1. The Morgan fingerprint density at radius 2 is 1.44 bits per heavy atom. The Morgan fingerprint density at radius 3 is 2.14 bits per heavy atom. The first kappa shape index (κ1) is 27.8. The molecule has 0 aliphatic heterocycles. The van der Waals surface area contributed by atoms with Gasteiger partial charge in [-0.15, -0.1) is 0 Å². The Morgan fingerprint density at radius 1 is 0.791 bits per heavy atom. The van der Waals surface area contributed by atoms with Gasteiger partial charge in [-0.2, -0.15) is 17.0 Å². The standard InChI is InChI=1S/C36H26N2O4S/c37-20-23-8-14-28(15-9-23)35(39)38-32(36(40)41)22-43-21-24-10-12-25(13-11-24)26-16-18-27(19-17-26)29-5-3-6-31-30-4-1-2-7-33(30)42-34(29)31/h1-19,32H,21-22H2,(H,38,39)(H,40,41)/t32-/m0/s1. The summed E-state index contributed by atoms with van der Waals surface area (Å²) in [4.78, 5) is 24.2. The number of carbonyl (C=O) groups is 2. The van der Waals surface area contributed by atoms with Gasteiger partial charge in [0.2, 0.25) is 0 Å². The molecule has 210 valence electrons. The van der Waals surface area contributed by atoms with Crippen molar-refractivity contribution in [3.63, 3.8) is 0 Å². The van der Waals surface area contributed by atoms with E-state index in [1.165, 1.54) is 36.0 Å². The molecule has 7 heteroatoms. The quantitative estimate of drug-likeness (QED) is 0.180. The number of benzene rings is 5. The van der Waals surface area contributed by atoms with Gasteiger partial charge in [0.05, 0.1) is 11.6 Å². The molecule has 0 bridgehead atoms. The number of aliphatic carboxylic acids is 1. The number of carboxylic acids is 1. The van der Waals surface area contributed by atoms with Crippen LogP contribution in [0.3, 0.4) is 0 Å². The molecule has 0 spiro atoms. The zero-order valence-corrected chi connectivity index (χ0v) is 23.8. The summed E-state index contributed by atoms with van der Waals surface area (Å²) in [5.41, 5.74) is 7.89. The number of rotatable bonds is 9. The molecule has 0 aliphatic carbocycles. The number of thioether (sulfide) groups is 1. The maximum atomic E-state index is 12.5. The molecule has 1 aromatic heterocycles. The fourth-order valence-corrected chi connectivity index (χ4v) is 6.02. The highest BCUT2D eigenvalue weighted by atomic mass is 32.2. The summed E-state index contributed by atoms with van der Waals surface area (Å²) in [7, 11) is 0. The van der Waals surface area contributed by atoms with Gasteiger partial charge in [0.1, 0.15) is 17.2 Å². The minimum Gasteiger partial charge on any atom is -0.480 e. The van der Waals surface area contributed by atoms with Crippen molar-refractivity contribution in [1.82, 2.24) is 5.32 Å². The summed E-state index contributed by atoms with van der Waals surface area (Å²) in [6.45, 7) is 0. The van der Waals surface area contributed by atoms with E-state index in [4.69, 9.17) is 9.68 Å². The van der Waals surface area contributed by atoms with Gasteiger partial charge in [0, 0.05) is 33.4 Å². The van der Waals surface area contributed by atoms with E-state index in [-0.39, 0.29) is 5.75 Å². The summed E-state index contributed by atoms with van der Waals surface area (Å²) in [5.74, 6) is -0.748. The summed E-state index contributed by atoms with van der Waals surface area (Å²) >= 11 is 1.44. The highest BCUT2D eigenvalue weighted by molar-refractivity contribution is 7.98. The smallest absolute Gasteiger partial charge is 0.327 e. The second kappa shape index (κ2) is 12.3. The molecule has 6 aromatic rings. The molecular formula is C36H26N2O4S. The van der Waals surface area contributed by atoms with E-state index in [1.807, 2.05) is 36.4 Å². The molecule has 43 heavy (non-hydrogen) atoms. The first-order valence-electron chi connectivity index (χ1n) is 13.7. The van der Waals surface area contributed by atoms with E-state index in [2.05, 4.69) is 66.0 Å². The van der Waals surface area contributed by atoms with Gasteiger partial charge in [-0.1, -0.05) is 84.9 Å². The minimum absolute atomic E-state index is 0.221. The zero-order valence-electron chi connectivity index (χ0n) is 23.0. The minimum atomic E-state index is -1.09. The molecule has 6 nitrogen and oxygen atoms in total. The highest BCUT2D eigenvalue weighted by Crippen LogP contribution is 2.36. The first-order chi connectivity index (χ1) is 21.0. The molecular weight excluding hydrogens is 556 g/mol. The molecule has 0 saturated carbocycles. The van der Waals surface area contributed by atoms with Crippen LogP contribution in [0, 0.1) is 11.3 Å². The monoisotopic (exact) mass is 582 g/mol. The predicted molar refractivity (Wildman–Crippen MR) is 171 cm³/mol. The number of furan rings is 1. The Kier molecular flexibility index (Phi) is 7.94. The van der Waals surface area contributed by atoms with Crippen molar-refractivity contribution in [3.05, 3.63) is 132 Å². The highest BCUT2D eigenvalue weighted by Gasteiger charge is 2.21. The molecule has 0 aliphatic rings. The van der Waals surface area contributed by atoms with Crippen LogP contribution in [-0.4, -0.2) is 28.8 Å². The maximum absolute atomic E-state index is 12.5. The molecule has 1 heterocycles. The molecule has 0 saturated heterocycles. The molecule has 6 rings (SSSR count). The number of nitriles is 1. The third kappa shape index (κ3) is 6.01. The number of fused-ring (bicyclic) bond motifs is 3. The topological polar surface area (TPSA) is 103 Å². The lowest BCUT2D eigenvalue weighted by Gasteiger charge is -2.14. The van der Waals surface area contributed by atoms with E-state index in [1.54, 1.807) is 0 Å². The molecule has 5 aromatic carbocycles. The van der Waals surface area contributed by atoms with Crippen molar-refractivity contribution < 1.29 is 19.1 Å². The molecule has 0 unspecified atom stereocenters. The number of hydrogen-bond acceptors (Lipinski definition) is 5. The molecule has 2 N–H and O–H groups in total. The third-order valence-corrected chi connectivity index (χ3v) is 8.43. The lowest BCUT2D eigenvalue weighted by Crippen LogP contribution is -2.42. The fourth-order valence-electron chi connectivity index (χ4n) is 5.02. The summed E-state index contributed by atoms with van der Waals surface area (Å²) in [6.07, 6.45) is 0. The van der Waals surface area contributed by atoms with Gasteiger partial charge in [-0.05, 0) is 52.6 Å². The van der Waals surface area contributed by atoms with Crippen molar-refractivity contribution in [3.8, 4) is 28.3 Å². The van der Waals surface area contributed by atoms with E-state index in [9.17, 15) is 14.7 Å². The largest absolute Gasteiger partial charge is 0.480 e. The Labute approximate surface area is 252 Å². The zero-order chi connectivity index (χ0) is 29.8. The van der Waals surface area contributed by atoms with E-state index < -0.39 is 17.9 Å². The van der Waals surface area contributed by atoms with Gasteiger partial charge >= 0.3 is 5.97 Å². The van der Waals surface area contributed by atoms with Crippen LogP contribution in [0.1, 0.15) is 21.5 Å². The van der Waals surface area contributed by atoms with E-state index in [0.29, 0.717) is 16.9 Å². The van der Waals surface area contributed by atoms with Crippen LogP contribution < -0.4 is 5.32 Å². The molecule has 1 atom stereocenters. The number of para-hydroxylation sites is 2. The van der Waals surface area contributed by atoms with E-state index >= 15 is 0 Å². The van der Waals surface area contributed by atoms with Crippen LogP contribution in [0.15, 0.2) is 120 Å². The maximum Gasteiger partial charge on any atom is 0.327 e. The van der Waals surface area contributed by atoms with Crippen LogP contribution in [0.2, 0.25) is 0 Å². The van der Waals surface area contributed by atoms with Crippen LogP contribution in [-0.2, 0) is 10.5 Å². The second-order valence-corrected chi connectivity index (χ2v) is 11.2. The number of hydrogen-bond donors (Lipinski definition) is 2. The van der Waals surface area contributed by atoms with Gasteiger partial charge in [0.25, 0.3) is 5.91 Å². The number of carboxylic acid groups (broad SMARTS) is 1. The van der Waals surface area contributed by atoms with Crippen LogP contribution in [0.4, 0.5) is 0 Å². The van der Waals surface area contributed by atoms with Crippen LogP contribution >= 0.6 is 11.8 Å². The van der Waals surface area contributed by atoms with Crippen molar-refractivity contribution >= 4 is 45.6 Å². The Bertz CT molecular complexity index is 1970. The summed E-state index contributed by atoms with van der Waals surface area (Å²) < 4.78 is 6.21. The number of nitrogens with one attached hydrogen (secondary N) is 1. The Balaban J connectivity index is 1.08. The SMILES string of the molecule is N#Cc1ccc(C(=O)N[C@@H](CSCc2ccc(-c3ccc(-c4cccc5c4oc4ccccc45)cc3)cc2)C(=O)O)cc1. The first-order valence-corrected chi connectivity index (χ1v) is 14.9. The molecule has 0 fully saturated rings. The average molecular weight is 583 g/mol. The summed E-state index contributed by atoms with van der Waals surface area (Å²) in [5, 5.41) is 23.3. The van der Waals surface area contributed by atoms with E-state index in [0.717, 1.165) is 49.8 Å².